The third-order valence-electron chi connectivity index (χ3n) is 2.97. The molecular formula is C15H14ClFN2O. The van der Waals surface area contributed by atoms with Gasteiger partial charge in [-0.2, -0.15) is 0 Å². The van der Waals surface area contributed by atoms with Crippen LogP contribution >= 0.6 is 11.6 Å². The first-order valence-electron chi connectivity index (χ1n) is 6.08. The van der Waals surface area contributed by atoms with E-state index >= 15 is 0 Å². The number of carbonyl (C=O) groups excluding carboxylic acids is 1. The van der Waals surface area contributed by atoms with Crippen LogP contribution in [0.1, 0.15) is 28.9 Å². The minimum atomic E-state index is -0.525. The first kappa shape index (κ1) is 14.3. The lowest BCUT2D eigenvalue weighted by atomic mass is 10.1. The highest BCUT2D eigenvalue weighted by Gasteiger charge is 2.10. The number of hydrogen-bond acceptors (Lipinski definition) is 2. The molecule has 1 amide bonds. The van der Waals surface area contributed by atoms with Gasteiger partial charge in [0.05, 0.1) is 10.7 Å². The predicted octanol–water partition coefficient (Wildman–Crippen LogP) is 3.75. The summed E-state index contributed by atoms with van der Waals surface area (Å²) in [7, 11) is 0. The molecule has 0 heterocycles. The Morgan fingerprint density at radius 1 is 1.30 bits per heavy atom. The molecule has 0 aliphatic carbocycles. The fourth-order valence-electron chi connectivity index (χ4n) is 1.88. The molecule has 0 spiro atoms. The van der Waals surface area contributed by atoms with Crippen LogP contribution in [-0.2, 0) is 0 Å². The van der Waals surface area contributed by atoms with E-state index < -0.39 is 5.91 Å². The monoisotopic (exact) mass is 292 g/mol. The summed E-state index contributed by atoms with van der Waals surface area (Å²) >= 11 is 6.08. The number of nitrogens with one attached hydrogen (secondary N) is 1. The maximum Gasteiger partial charge on any atom is 0.248 e. The van der Waals surface area contributed by atoms with Crippen molar-refractivity contribution in [3.8, 4) is 0 Å². The van der Waals surface area contributed by atoms with Crippen LogP contribution in [0.3, 0.4) is 0 Å². The van der Waals surface area contributed by atoms with E-state index in [0.717, 1.165) is 5.56 Å². The smallest absolute Gasteiger partial charge is 0.248 e. The van der Waals surface area contributed by atoms with Crippen molar-refractivity contribution in [2.45, 2.75) is 13.0 Å². The lowest BCUT2D eigenvalue weighted by Crippen LogP contribution is -2.12. The molecule has 0 aliphatic rings. The quantitative estimate of drug-likeness (QED) is 0.901. The van der Waals surface area contributed by atoms with E-state index in [4.69, 9.17) is 17.3 Å². The maximum absolute atomic E-state index is 13.2. The third-order valence-corrected chi connectivity index (χ3v) is 3.30. The van der Waals surface area contributed by atoms with Crippen LogP contribution < -0.4 is 11.1 Å². The number of rotatable bonds is 4. The van der Waals surface area contributed by atoms with Crippen LogP contribution in [0.4, 0.5) is 10.1 Å². The predicted molar refractivity (Wildman–Crippen MR) is 78.4 cm³/mol. The topological polar surface area (TPSA) is 55.1 Å². The van der Waals surface area contributed by atoms with E-state index in [-0.39, 0.29) is 11.9 Å². The van der Waals surface area contributed by atoms with E-state index in [0.29, 0.717) is 16.3 Å². The zero-order valence-corrected chi connectivity index (χ0v) is 11.6. The molecule has 0 aromatic heterocycles. The van der Waals surface area contributed by atoms with Crippen molar-refractivity contribution < 1.29 is 9.18 Å². The molecule has 0 aliphatic heterocycles. The first-order chi connectivity index (χ1) is 9.47. The summed E-state index contributed by atoms with van der Waals surface area (Å²) < 4.78 is 13.2. The summed E-state index contributed by atoms with van der Waals surface area (Å²) in [4.78, 5) is 11.2. The van der Waals surface area contributed by atoms with Crippen LogP contribution in [-0.4, -0.2) is 5.91 Å². The second-order valence-electron chi connectivity index (χ2n) is 4.48. The van der Waals surface area contributed by atoms with Gasteiger partial charge < -0.3 is 11.1 Å². The van der Waals surface area contributed by atoms with Gasteiger partial charge >= 0.3 is 0 Å². The molecule has 2 rings (SSSR count). The van der Waals surface area contributed by atoms with E-state index in [2.05, 4.69) is 5.32 Å². The van der Waals surface area contributed by atoms with Crippen molar-refractivity contribution >= 4 is 23.2 Å². The van der Waals surface area contributed by atoms with Gasteiger partial charge in [0.25, 0.3) is 0 Å². The second kappa shape index (κ2) is 5.92. The average Bonchev–Trinajstić information content (AvgIpc) is 2.41. The molecule has 1 atom stereocenters. The molecule has 2 aromatic rings. The van der Waals surface area contributed by atoms with Crippen molar-refractivity contribution in [3.63, 3.8) is 0 Å². The van der Waals surface area contributed by atoms with Crippen molar-refractivity contribution in [2.75, 3.05) is 5.32 Å². The van der Waals surface area contributed by atoms with Crippen molar-refractivity contribution in [1.29, 1.82) is 0 Å². The van der Waals surface area contributed by atoms with Crippen molar-refractivity contribution in [1.82, 2.24) is 0 Å². The van der Waals surface area contributed by atoms with E-state index in [1.54, 1.807) is 24.3 Å². The van der Waals surface area contributed by atoms with E-state index in [1.807, 2.05) is 13.0 Å². The molecule has 0 saturated heterocycles. The highest BCUT2D eigenvalue weighted by atomic mass is 35.5. The molecule has 0 bridgehead atoms. The van der Waals surface area contributed by atoms with Crippen molar-refractivity contribution in [3.05, 3.63) is 64.4 Å². The van der Waals surface area contributed by atoms with Crippen LogP contribution in [0, 0.1) is 5.82 Å². The van der Waals surface area contributed by atoms with Crippen LogP contribution in [0.2, 0.25) is 5.02 Å². The Balaban J connectivity index is 2.25. The van der Waals surface area contributed by atoms with E-state index in [1.165, 1.54) is 12.1 Å². The van der Waals surface area contributed by atoms with Crippen molar-refractivity contribution in [2.24, 2.45) is 5.73 Å². The molecule has 0 saturated carbocycles. The molecular weight excluding hydrogens is 279 g/mol. The maximum atomic E-state index is 13.2. The Kier molecular flexibility index (Phi) is 4.25. The molecule has 0 radical (unpaired) electrons. The molecule has 20 heavy (non-hydrogen) atoms. The largest absolute Gasteiger partial charge is 0.377 e. The summed E-state index contributed by atoms with van der Waals surface area (Å²) in [5.74, 6) is -0.823. The fourth-order valence-corrected chi connectivity index (χ4v) is 2.05. The number of hydrogen-bond donors (Lipinski definition) is 2. The first-order valence-corrected chi connectivity index (χ1v) is 6.46. The van der Waals surface area contributed by atoms with Gasteiger partial charge in [0.2, 0.25) is 5.91 Å². The van der Waals surface area contributed by atoms with Gasteiger partial charge in [-0.1, -0.05) is 23.7 Å². The standard InChI is InChI=1S/C15H14ClFN2O/c1-9(10-3-2-4-12(17)7-10)19-14-8-11(15(18)20)5-6-13(14)16/h2-9,19H,1H3,(H2,18,20). The summed E-state index contributed by atoms with van der Waals surface area (Å²) in [6, 6.07) is 10.9. The van der Waals surface area contributed by atoms with Gasteiger partial charge in [0, 0.05) is 11.6 Å². The zero-order chi connectivity index (χ0) is 14.7. The Morgan fingerprint density at radius 2 is 2.05 bits per heavy atom. The minimum Gasteiger partial charge on any atom is -0.377 e. The second-order valence-corrected chi connectivity index (χ2v) is 4.89. The SMILES string of the molecule is CC(Nc1cc(C(N)=O)ccc1Cl)c1cccc(F)c1. The van der Waals surface area contributed by atoms with E-state index in [9.17, 15) is 9.18 Å². The number of amides is 1. The third kappa shape index (κ3) is 3.27. The van der Waals surface area contributed by atoms with Crippen LogP contribution in [0.15, 0.2) is 42.5 Å². The molecule has 2 aromatic carbocycles. The summed E-state index contributed by atoms with van der Waals surface area (Å²) in [6.45, 7) is 1.88. The van der Waals surface area contributed by atoms with Gasteiger partial charge in [-0.15, -0.1) is 0 Å². The van der Waals surface area contributed by atoms with Crippen LogP contribution in [0.25, 0.3) is 0 Å². The summed E-state index contributed by atoms with van der Waals surface area (Å²) in [6.07, 6.45) is 0. The number of halogens is 2. The number of primary amides is 1. The Bertz CT molecular complexity index is 646. The van der Waals surface area contributed by atoms with Gasteiger partial charge in [-0.3, -0.25) is 4.79 Å². The van der Waals surface area contributed by atoms with Gasteiger partial charge in [-0.05, 0) is 42.8 Å². The lowest BCUT2D eigenvalue weighted by molar-refractivity contribution is 0.100. The number of benzene rings is 2. The Labute approximate surface area is 121 Å². The molecule has 1 unspecified atom stereocenters. The normalized spacial score (nSPS) is 11.9. The molecule has 5 heteroatoms. The molecule has 3 N–H and O–H groups in total. The van der Waals surface area contributed by atoms with Crippen LogP contribution in [0.5, 0.6) is 0 Å². The van der Waals surface area contributed by atoms with Gasteiger partial charge in [-0.25, -0.2) is 4.39 Å². The minimum absolute atomic E-state index is 0.161. The number of carbonyl (C=O) groups is 1. The number of nitrogens with two attached hydrogens (primary N) is 1. The van der Waals surface area contributed by atoms with Gasteiger partial charge in [0.1, 0.15) is 5.82 Å². The Morgan fingerprint density at radius 3 is 2.70 bits per heavy atom. The summed E-state index contributed by atoms with van der Waals surface area (Å²) in [5.41, 5.74) is 6.97. The summed E-state index contributed by atoms with van der Waals surface area (Å²) in [5, 5.41) is 3.61. The lowest BCUT2D eigenvalue weighted by Gasteiger charge is -2.17. The highest BCUT2D eigenvalue weighted by molar-refractivity contribution is 6.33. The number of anilines is 1. The molecule has 3 nitrogen and oxygen atoms in total. The fraction of sp³-hybridized carbons (Fsp3) is 0.133. The Hall–Kier alpha value is -2.07. The average molecular weight is 293 g/mol. The molecule has 104 valence electrons. The molecule has 0 fully saturated rings. The highest BCUT2D eigenvalue weighted by Crippen LogP contribution is 2.27. The van der Waals surface area contributed by atoms with Gasteiger partial charge in [0.15, 0.2) is 0 Å². The zero-order valence-electron chi connectivity index (χ0n) is 10.9.